The Balaban J connectivity index is 2.65. The highest BCUT2D eigenvalue weighted by molar-refractivity contribution is 5.85. The second-order valence-electron chi connectivity index (χ2n) is 6.80. The number of carbonyl (C=O) groups is 1. The first-order valence-electron chi connectivity index (χ1n) is 8.10. The molecule has 1 saturated carbocycles. The van der Waals surface area contributed by atoms with Crippen LogP contribution in [-0.4, -0.2) is 55.7 Å². The van der Waals surface area contributed by atoms with Crippen molar-refractivity contribution in [1.29, 1.82) is 0 Å². The molecule has 0 aromatic rings. The highest BCUT2D eigenvalue weighted by atomic mass is 16.5. The van der Waals surface area contributed by atoms with E-state index in [1.54, 1.807) is 7.11 Å². The summed E-state index contributed by atoms with van der Waals surface area (Å²) in [5.41, 5.74) is 5.24. The van der Waals surface area contributed by atoms with Gasteiger partial charge in [-0.15, -0.1) is 0 Å². The van der Waals surface area contributed by atoms with Crippen LogP contribution in [0.2, 0.25) is 0 Å². The minimum absolute atomic E-state index is 0.189. The number of rotatable bonds is 9. The van der Waals surface area contributed by atoms with E-state index in [9.17, 15) is 4.79 Å². The summed E-state index contributed by atoms with van der Waals surface area (Å²) in [6, 6.07) is 0.653. The Morgan fingerprint density at radius 1 is 1.48 bits per heavy atom. The number of nitrogens with zero attached hydrogens (tertiary/aromatic N) is 1. The summed E-state index contributed by atoms with van der Waals surface area (Å²) >= 11 is 0. The molecule has 0 aliphatic heterocycles. The number of amides is 1. The van der Waals surface area contributed by atoms with Crippen LogP contribution in [0.15, 0.2) is 0 Å². The summed E-state index contributed by atoms with van der Waals surface area (Å²) in [6.07, 6.45) is 4.01. The van der Waals surface area contributed by atoms with E-state index >= 15 is 0 Å². The Morgan fingerprint density at radius 2 is 2.14 bits per heavy atom. The van der Waals surface area contributed by atoms with Gasteiger partial charge in [0.1, 0.15) is 5.54 Å². The molecule has 3 unspecified atom stereocenters. The van der Waals surface area contributed by atoms with Gasteiger partial charge in [-0.1, -0.05) is 6.42 Å². The molecule has 1 aliphatic rings. The van der Waals surface area contributed by atoms with Crippen molar-refractivity contribution in [2.45, 2.75) is 64.1 Å². The second-order valence-corrected chi connectivity index (χ2v) is 6.80. The predicted octanol–water partition coefficient (Wildman–Crippen LogP) is 1.37. The van der Waals surface area contributed by atoms with Gasteiger partial charge >= 0.3 is 0 Å². The van der Waals surface area contributed by atoms with Crippen LogP contribution in [0.3, 0.4) is 0 Å². The maximum atomic E-state index is 12.1. The predicted molar refractivity (Wildman–Crippen MR) is 86.1 cm³/mol. The zero-order chi connectivity index (χ0) is 16.0. The van der Waals surface area contributed by atoms with E-state index < -0.39 is 5.54 Å². The average Bonchev–Trinajstić information content (AvgIpc) is 2.79. The number of hydrogen-bond donors (Lipinski definition) is 2. The van der Waals surface area contributed by atoms with Gasteiger partial charge < -0.3 is 20.7 Å². The molecule has 21 heavy (non-hydrogen) atoms. The Kier molecular flexibility index (Phi) is 7.10. The fourth-order valence-corrected chi connectivity index (χ4v) is 3.52. The zero-order valence-corrected chi connectivity index (χ0v) is 14.3. The van der Waals surface area contributed by atoms with Crippen LogP contribution in [0.25, 0.3) is 0 Å². The minimum Gasteiger partial charge on any atom is -0.383 e. The van der Waals surface area contributed by atoms with Crippen LogP contribution in [0.1, 0.15) is 46.5 Å². The van der Waals surface area contributed by atoms with Gasteiger partial charge in [-0.2, -0.15) is 0 Å². The molecule has 0 saturated heterocycles. The molecular weight excluding hydrogens is 266 g/mol. The van der Waals surface area contributed by atoms with Crippen LogP contribution in [0, 0.1) is 5.92 Å². The van der Waals surface area contributed by atoms with Gasteiger partial charge in [-0.25, -0.2) is 0 Å². The van der Waals surface area contributed by atoms with E-state index in [-0.39, 0.29) is 11.9 Å². The second kappa shape index (κ2) is 8.11. The molecule has 3 atom stereocenters. The van der Waals surface area contributed by atoms with Gasteiger partial charge in [-0.05, 0) is 59.5 Å². The number of carbonyl (C=O) groups excluding carboxylic acids is 1. The standard InChI is InChI=1S/C16H33N3O2/c1-12(2)18-16(15(17)20)9-6-7-14(16)8-10-19(4)13(3)11-21-5/h12-14,18H,6-11H2,1-5H3,(H2,17,20). The largest absolute Gasteiger partial charge is 0.383 e. The lowest BCUT2D eigenvalue weighted by atomic mass is 9.83. The molecule has 1 amide bonds. The van der Waals surface area contributed by atoms with Gasteiger partial charge in [0, 0.05) is 19.2 Å². The normalized spacial score (nSPS) is 27.5. The first-order chi connectivity index (χ1) is 9.83. The molecule has 0 spiro atoms. The molecule has 1 rings (SSSR count). The number of ether oxygens (including phenoxy) is 1. The highest BCUT2D eigenvalue weighted by Crippen LogP contribution is 2.38. The lowest BCUT2D eigenvalue weighted by Gasteiger charge is -2.36. The Hall–Kier alpha value is -0.650. The molecule has 0 radical (unpaired) electrons. The quantitative estimate of drug-likeness (QED) is 0.675. The van der Waals surface area contributed by atoms with Crippen molar-refractivity contribution < 1.29 is 9.53 Å². The average molecular weight is 299 g/mol. The number of methoxy groups -OCH3 is 1. The highest BCUT2D eigenvalue weighted by Gasteiger charge is 2.47. The van der Waals surface area contributed by atoms with Crippen molar-refractivity contribution in [2.75, 3.05) is 27.3 Å². The first kappa shape index (κ1) is 18.4. The molecule has 0 heterocycles. The summed E-state index contributed by atoms with van der Waals surface area (Å²) in [5, 5.41) is 3.47. The van der Waals surface area contributed by atoms with Crippen LogP contribution in [0.4, 0.5) is 0 Å². The zero-order valence-electron chi connectivity index (χ0n) is 14.3. The van der Waals surface area contributed by atoms with Gasteiger partial charge in [-0.3, -0.25) is 4.79 Å². The minimum atomic E-state index is -0.514. The molecule has 0 aromatic heterocycles. The molecule has 0 aromatic carbocycles. The van der Waals surface area contributed by atoms with E-state index in [2.05, 4.69) is 38.0 Å². The maximum Gasteiger partial charge on any atom is 0.238 e. The summed E-state index contributed by atoms with van der Waals surface area (Å²) in [5.74, 6) is 0.140. The van der Waals surface area contributed by atoms with E-state index in [0.717, 1.165) is 38.8 Å². The summed E-state index contributed by atoms with van der Waals surface area (Å²) in [6.45, 7) is 8.00. The van der Waals surface area contributed by atoms with Gasteiger partial charge in [0.05, 0.1) is 6.61 Å². The molecule has 1 fully saturated rings. The summed E-state index contributed by atoms with van der Waals surface area (Å²) < 4.78 is 5.20. The third-order valence-corrected chi connectivity index (χ3v) is 4.80. The number of primary amides is 1. The molecule has 0 bridgehead atoms. The summed E-state index contributed by atoms with van der Waals surface area (Å²) in [4.78, 5) is 14.4. The van der Waals surface area contributed by atoms with Crippen molar-refractivity contribution in [2.24, 2.45) is 11.7 Å². The maximum absolute atomic E-state index is 12.1. The fraction of sp³-hybridized carbons (Fsp3) is 0.938. The number of hydrogen-bond acceptors (Lipinski definition) is 4. The van der Waals surface area contributed by atoms with Crippen LogP contribution in [0.5, 0.6) is 0 Å². The molecule has 5 nitrogen and oxygen atoms in total. The SMILES string of the molecule is COCC(C)N(C)CCC1CCCC1(NC(C)C)C(N)=O. The molecule has 3 N–H and O–H groups in total. The molecular formula is C16H33N3O2. The monoisotopic (exact) mass is 299 g/mol. The van der Waals surface area contributed by atoms with Crippen molar-refractivity contribution in [3.8, 4) is 0 Å². The van der Waals surface area contributed by atoms with Gasteiger partial charge in [0.2, 0.25) is 5.91 Å². The van der Waals surface area contributed by atoms with E-state index in [1.807, 2.05) is 0 Å². The van der Waals surface area contributed by atoms with Crippen LogP contribution in [-0.2, 0) is 9.53 Å². The van der Waals surface area contributed by atoms with Crippen LogP contribution < -0.4 is 11.1 Å². The third kappa shape index (κ3) is 4.66. The number of likely N-dealkylation sites (N-methyl/N-ethyl adjacent to an activating group) is 1. The Labute approximate surface area is 129 Å². The molecule has 124 valence electrons. The van der Waals surface area contributed by atoms with Crippen molar-refractivity contribution in [3.05, 3.63) is 0 Å². The number of nitrogens with two attached hydrogens (primary N) is 1. The van der Waals surface area contributed by atoms with Gasteiger partial charge in [0.15, 0.2) is 0 Å². The summed E-state index contributed by atoms with van der Waals surface area (Å²) in [7, 11) is 3.84. The van der Waals surface area contributed by atoms with Crippen molar-refractivity contribution in [3.63, 3.8) is 0 Å². The molecule has 5 heteroatoms. The third-order valence-electron chi connectivity index (χ3n) is 4.80. The first-order valence-corrected chi connectivity index (χ1v) is 8.10. The van der Waals surface area contributed by atoms with Crippen molar-refractivity contribution >= 4 is 5.91 Å². The van der Waals surface area contributed by atoms with E-state index in [1.165, 1.54) is 0 Å². The smallest absolute Gasteiger partial charge is 0.238 e. The number of nitrogens with one attached hydrogen (secondary N) is 1. The Morgan fingerprint density at radius 3 is 2.67 bits per heavy atom. The Bertz CT molecular complexity index is 335. The van der Waals surface area contributed by atoms with Crippen LogP contribution >= 0.6 is 0 Å². The lowest BCUT2D eigenvalue weighted by Crippen LogP contribution is -2.60. The van der Waals surface area contributed by atoms with Crippen molar-refractivity contribution in [1.82, 2.24) is 10.2 Å². The van der Waals surface area contributed by atoms with E-state index in [0.29, 0.717) is 12.0 Å². The van der Waals surface area contributed by atoms with E-state index in [4.69, 9.17) is 10.5 Å². The lowest BCUT2D eigenvalue weighted by molar-refractivity contribution is -0.126. The van der Waals surface area contributed by atoms with Gasteiger partial charge in [0.25, 0.3) is 0 Å². The molecule has 1 aliphatic carbocycles. The fourth-order valence-electron chi connectivity index (χ4n) is 3.52. The topological polar surface area (TPSA) is 67.6 Å².